The third-order valence-electron chi connectivity index (χ3n) is 4.18. The molecule has 0 aromatic heterocycles. The number of carbonyl (C=O) groups is 1. The highest BCUT2D eigenvalue weighted by molar-refractivity contribution is 5.77. The van der Waals surface area contributed by atoms with Gasteiger partial charge in [0, 0.05) is 26.2 Å². The number of hydrogen-bond acceptors (Lipinski definition) is 4. The molecule has 2 rings (SSSR count). The van der Waals surface area contributed by atoms with E-state index in [1.807, 2.05) is 30.3 Å². The van der Waals surface area contributed by atoms with E-state index in [4.69, 9.17) is 4.74 Å². The van der Waals surface area contributed by atoms with Crippen molar-refractivity contribution in [2.45, 2.75) is 26.3 Å². The van der Waals surface area contributed by atoms with Crippen molar-refractivity contribution in [2.24, 2.45) is 5.92 Å². The smallest absolute Gasteiger partial charge is 0.328 e. The van der Waals surface area contributed by atoms with E-state index in [0.29, 0.717) is 12.5 Å². The SMILES string of the molecule is CC(C)CCOC(=O)C(c1ccccc1)N1CCN(C)CC1. The second kappa shape index (κ2) is 8.30. The van der Waals surface area contributed by atoms with Crippen molar-refractivity contribution in [2.75, 3.05) is 39.8 Å². The van der Waals surface area contributed by atoms with Gasteiger partial charge in [0.2, 0.25) is 0 Å². The first-order valence-corrected chi connectivity index (χ1v) is 8.22. The van der Waals surface area contributed by atoms with E-state index in [1.54, 1.807) is 0 Å². The van der Waals surface area contributed by atoms with Crippen LogP contribution in [0.2, 0.25) is 0 Å². The summed E-state index contributed by atoms with van der Waals surface area (Å²) in [6.45, 7) is 8.56. The van der Waals surface area contributed by atoms with E-state index >= 15 is 0 Å². The molecule has 22 heavy (non-hydrogen) atoms. The molecule has 0 N–H and O–H groups in total. The molecule has 1 unspecified atom stereocenters. The normalized spacial score (nSPS) is 18.4. The van der Waals surface area contributed by atoms with Crippen LogP contribution < -0.4 is 0 Å². The Morgan fingerprint density at radius 1 is 1.14 bits per heavy atom. The Kier molecular flexibility index (Phi) is 6.40. The van der Waals surface area contributed by atoms with Gasteiger partial charge in [-0.05, 0) is 24.9 Å². The van der Waals surface area contributed by atoms with Crippen molar-refractivity contribution in [1.29, 1.82) is 0 Å². The van der Waals surface area contributed by atoms with E-state index in [0.717, 1.165) is 38.2 Å². The fraction of sp³-hybridized carbons (Fsp3) is 0.611. The standard InChI is InChI=1S/C18H28N2O2/c1-15(2)9-14-22-18(21)17(16-7-5-4-6-8-16)20-12-10-19(3)11-13-20/h4-8,15,17H,9-14H2,1-3H3. The first-order valence-electron chi connectivity index (χ1n) is 8.22. The highest BCUT2D eigenvalue weighted by atomic mass is 16.5. The van der Waals surface area contributed by atoms with Gasteiger partial charge in [0.05, 0.1) is 6.61 Å². The average Bonchev–Trinajstić information content (AvgIpc) is 2.50. The number of esters is 1. The van der Waals surface area contributed by atoms with Gasteiger partial charge < -0.3 is 9.64 Å². The number of benzene rings is 1. The summed E-state index contributed by atoms with van der Waals surface area (Å²) in [5, 5.41) is 0. The molecule has 122 valence electrons. The summed E-state index contributed by atoms with van der Waals surface area (Å²) >= 11 is 0. The number of hydrogen-bond donors (Lipinski definition) is 0. The van der Waals surface area contributed by atoms with Gasteiger partial charge in [-0.3, -0.25) is 4.90 Å². The summed E-state index contributed by atoms with van der Waals surface area (Å²) in [6.07, 6.45) is 0.913. The minimum Gasteiger partial charge on any atom is -0.464 e. The summed E-state index contributed by atoms with van der Waals surface area (Å²) in [5.41, 5.74) is 1.03. The molecule has 0 saturated carbocycles. The lowest BCUT2D eigenvalue weighted by Gasteiger charge is -2.36. The molecular weight excluding hydrogens is 276 g/mol. The van der Waals surface area contributed by atoms with E-state index in [-0.39, 0.29) is 12.0 Å². The quantitative estimate of drug-likeness (QED) is 0.756. The van der Waals surface area contributed by atoms with Crippen molar-refractivity contribution in [3.8, 4) is 0 Å². The summed E-state index contributed by atoms with van der Waals surface area (Å²) in [6, 6.07) is 9.72. The van der Waals surface area contributed by atoms with Crippen molar-refractivity contribution in [3.63, 3.8) is 0 Å². The highest BCUT2D eigenvalue weighted by Gasteiger charge is 2.30. The number of piperazine rings is 1. The molecular formula is C18H28N2O2. The summed E-state index contributed by atoms with van der Waals surface area (Å²) < 4.78 is 5.56. The molecule has 0 bridgehead atoms. The minimum atomic E-state index is -0.276. The second-order valence-corrected chi connectivity index (χ2v) is 6.50. The third kappa shape index (κ3) is 4.82. The number of carbonyl (C=O) groups excluding carboxylic acids is 1. The van der Waals surface area contributed by atoms with Crippen LogP contribution in [0.1, 0.15) is 31.9 Å². The van der Waals surface area contributed by atoms with Crippen LogP contribution in [-0.2, 0) is 9.53 Å². The molecule has 0 radical (unpaired) electrons. The van der Waals surface area contributed by atoms with E-state index in [9.17, 15) is 4.79 Å². The first-order chi connectivity index (χ1) is 10.6. The Labute approximate surface area is 134 Å². The molecule has 1 aliphatic heterocycles. The van der Waals surface area contributed by atoms with Crippen molar-refractivity contribution in [1.82, 2.24) is 9.80 Å². The van der Waals surface area contributed by atoms with Gasteiger partial charge in [-0.1, -0.05) is 44.2 Å². The predicted molar refractivity (Wildman–Crippen MR) is 88.7 cm³/mol. The van der Waals surface area contributed by atoms with Crippen LogP contribution in [0, 0.1) is 5.92 Å². The Balaban J connectivity index is 2.06. The molecule has 1 fully saturated rings. The van der Waals surface area contributed by atoms with E-state index in [1.165, 1.54) is 0 Å². The molecule has 1 saturated heterocycles. The maximum atomic E-state index is 12.6. The van der Waals surface area contributed by atoms with Gasteiger partial charge in [0.15, 0.2) is 0 Å². The molecule has 4 heteroatoms. The van der Waals surface area contributed by atoms with Crippen LogP contribution in [0.5, 0.6) is 0 Å². The maximum absolute atomic E-state index is 12.6. The lowest BCUT2D eigenvalue weighted by atomic mass is 10.0. The number of likely N-dealkylation sites (N-methyl/N-ethyl adjacent to an activating group) is 1. The number of nitrogens with zero attached hydrogens (tertiary/aromatic N) is 2. The van der Waals surface area contributed by atoms with Crippen LogP contribution in [0.3, 0.4) is 0 Å². The fourth-order valence-electron chi connectivity index (χ4n) is 2.69. The molecule has 1 aromatic carbocycles. The van der Waals surface area contributed by atoms with E-state index in [2.05, 4.69) is 30.7 Å². The van der Waals surface area contributed by atoms with Gasteiger partial charge in [0.25, 0.3) is 0 Å². The molecule has 0 spiro atoms. The lowest BCUT2D eigenvalue weighted by molar-refractivity contribution is -0.151. The molecule has 1 aromatic rings. The minimum absolute atomic E-state index is 0.114. The fourth-order valence-corrected chi connectivity index (χ4v) is 2.69. The first kappa shape index (κ1) is 17.0. The van der Waals surface area contributed by atoms with Gasteiger partial charge >= 0.3 is 5.97 Å². The van der Waals surface area contributed by atoms with Crippen molar-refractivity contribution in [3.05, 3.63) is 35.9 Å². The highest BCUT2D eigenvalue weighted by Crippen LogP contribution is 2.23. The van der Waals surface area contributed by atoms with Crippen molar-refractivity contribution >= 4 is 5.97 Å². The number of ether oxygens (including phenoxy) is 1. The van der Waals surface area contributed by atoms with Gasteiger partial charge in [-0.2, -0.15) is 0 Å². The van der Waals surface area contributed by atoms with Crippen LogP contribution in [-0.4, -0.2) is 55.6 Å². The average molecular weight is 304 g/mol. The summed E-state index contributed by atoms with van der Waals surface area (Å²) in [4.78, 5) is 17.2. The summed E-state index contributed by atoms with van der Waals surface area (Å²) in [7, 11) is 2.12. The van der Waals surface area contributed by atoms with Crippen LogP contribution in [0.4, 0.5) is 0 Å². The molecule has 0 aliphatic carbocycles. The molecule has 0 amide bonds. The van der Waals surface area contributed by atoms with Gasteiger partial charge in [-0.25, -0.2) is 4.79 Å². The van der Waals surface area contributed by atoms with Crippen LogP contribution in [0.15, 0.2) is 30.3 Å². The maximum Gasteiger partial charge on any atom is 0.328 e. The Hall–Kier alpha value is -1.39. The van der Waals surface area contributed by atoms with E-state index < -0.39 is 0 Å². The lowest BCUT2D eigenvalue weighted by Crippen LogP contribution is -2.48. The Morgan fingerprint density at radius 3 is 2.36 bits per heavy atom. The predicted octanol–water partition coefficient (Wildman–Crippen LogP) is 2.56. The zero-order valence-electron chi connectivity index (χ0n) is 14.0. The molecule has 1 heterocycles. The summed E-state index contributed by atoms with van der Waals surface area (Å²) in [5.74, 6) is 0.433. The monoisotopic (exact) mass is 304 g/mol. The Bertz CT molecular complexity index is 453. The van der Waals surface area contributed by atoms with Gasteiger partial charge in [-0.15, -0.1) is 0 Å². The van der Waals surface area contributed by atoms with Gasteiger partial charge in [0.1, 0.15) is 6.04 Å². The third-order valence-corrected chi connectivity index (χ3v) is 4.18. The largest absolute Gasteiger partial charge is 0.464 e. The second-order valence-electron chi connectivity index (χ2n) is 6.50. The zero-order chi connectivity index (χ0) is 15.9. The molecule has 4 nitrogen and oxygen atoms in total. The zero-order valence-corrected chi connectivity index (χ0v) is 14.0. The molecule has 1 aliphatic rings. The van der Waals surface area contributed by atoms with Crippen molar-refractivity contribution < 1.29 is 9.53 Å². The molecule has 1 atom stereocenters. The van der Waals surface area contributed by atoms with Crippen LogP contribution in [0.25, 0.3) is 0 Å². The number of rotatable bonds is 6. The Morgan fingerprint density at radius 2 is 1.77 bits per heavy atom. The topological polar surface area (TPSA) is 32.8 Å². The van der Waals surface area contributed by atoms with Crippen LogP contribution >= 0.6 is 0 Å².